The predicted octanol–water partition coefficient (Wildman–Crippen LogP) is 7.35. The third-order valence-corrected chi connectivity index (χ3v) is 7.09. The van der Waals surface area contributed by atoms with Crippen molar-refractivity contribution in [2.45, 2.75) is 95.8 Å². The van der Waals surface area contributed by atoms with Gasteiger partial charge in [0.25, 0.3) is 0 Å². The van der Waals surface area contributed by atoms with Gasteiger partial charge in [-0.1, -0.05) is 63.6 Å². The molecule has 0 saturated heterocycles. The Labute approximate surface area is 212 Å². The second kappa shape index (κ2) is 13.7. The lowest BCUT2D eigenvalue weighted by Crippen LogP contribution is -2.36. The van der Waals surface area contributed by atoms with Crippen LogP contribution in [-0.2, 0) is 27.6 Å². The van der Waals surface area contributed by atoms with Crippen molar-refractivity contribution in [2.75, 3.05) is 0 Å². The maximum atomic E-state index is 13.0. The molecule has 2 aromatic rings. The van der Waals surface area contributed by atoms with Crippen LogP contribution < -0.4 is 4.18 Å². The largest absolute Gasteiger partial charge is 0.416 e. The van der Waals surface area contributed by atoms with Gasteiger partial charge in [-0.15, -0.1) is 0 Å². The van der Waals surface area contributed by atoms with E-state index in [4.69, 9.17) is 4.18 Å². The zero-order valence-electron chi connectivity index (χ0n) is 21.2. The quantitative estimate of drug-likeness (QED) is 0.190. The molecule has 0 aliphatic heterocycles. The third kappa shape index (κ3) is 9.48. The molecule has 0 aliphatic carbocycles. The van der Waals surface area contributed by atoms with E-state index < -0.39 is 26.8 Å². The molecule has 2 aromatic carbocycles. The minimum absolute atomic E-state index is 0.0291. The van der Waals surface area contributed by atoms with Crippen LogP contribution in [0, 0.1) is 0 Å². The second-order valence-electron chi connectivity index (χ2n) is 9.20. The van der Waals surface area contributed by atoms with Gasteiger partial charge in [-0.05, 0) is 56.2 Å². The lowest BCUT2D eigenvalue weighted by molar-refractivity contribution is -0.137. The van der Waals surface area contributed by atoms with Gasteiger partial charge in [-0.2, -0.15) is 21.6 Å². The number of carbonyl (C=O) groups is 1. The van der Waals surface area contributed by atoms with E-state index in [2.05, 4.69) is 6.92 Å². The topological polar surface area (TPSA) is 63.7 Å². The summed E-state index contributed by atoms with van der Waals surface area (Å²) in [6, 6.07) is 9.60. The van der Waals surface area contributed by atoms with Crippen molar-refractivity contribution < 1.29 is 30.6 Å². The van der Waals surface area contributed by atoms with E-state index in [1.807, 2.05) is 13.8 Å². The molecule has 0 unspecified atom stereocenters. The van der Waals surface area contributed by atoms with E-state index in [0.29, 0.717) is 18.1 Å². The highest BCUT2D eigenvalue weighted by atomic mass is 32.2. The SMILES string of the molecule is CCCCCCCCCC(=O)N(Cc1cccc(OS(=O)(=O)c2cccc(C(F)(F)F)c2)c1)C(C)C. The first-order valence-electron chi connectivity index (χ1n) is 12.4. The Morgan fingerprint density at radius 3 is 2.22 bits per heavy atom. The number of carbonyl (C=O) groups excluding carboxylic acids is 1. The van der Waals surface area contributed by atoms with Gasteiger partial charge >= 0.3 is 16.3 Å². The standard InChI is InChI=1S/C27H36F3NO4S/c1-4-5-6-7-8-9-10-17-26(32)31(21(2)3)20-22-13-11-15-24(18-22)35-36(33,34)25-16-12-14-23(19-25)27(28,29)30/h11-16,18-19,21H,4-10,17,20H2,1-3H3. The first-order valence-corrected chi connectivity index (χ1v) is 13.8. The average molecular weight is 528 g/mol. The molecular formula is C27H36F3NO4S. The van der Waals surface area contributed by atoms with Gasteiger partial charge < -0.3 is 9.08 Å². The van der Waals surface area contributed by atoms with Crippen LogP contribution in [0.15, 0.2) is 53.4 Å². The summed E-state index contributed by atoms with van der Waals surface area (Å²) in [6.07, 6.45) is 3.59. The minimum atomic E-state index is -4.67. The smallest absolute Gasteiger partial charge is 0.379 e. The van der Waals surface area contributed by atoms with Crippen molar-refractivity contribution in [3.63, 3.8) is 0 Å². The lowest BCUT2D eigenvalue weighted by atomic mass is 10.1. The summed E-state index contributed by atoms with van der Waals surface area (Å²) < 4.78 is 69.3. The molecule has 0 N–H and O–H groups in total. The number of benzene rings is 2. The van der Waals surface area contributed by atoms with Gasteiger partial charge in [0.05, 0.1) is 5.56 Å². The first-order chi connectivity index (χ1) is 16.9. The van der Waals surface area contributed by atoms with Gasteiger partial charge in [0.15, 0.2) is 0 Å². The van der Waals surface area contributed by atoms with Gasteiger partial charge in [0.1, 0.15) is 10.6 Å². The predicted molar refractivity (Wildman–Crippen MR) is 134 cm³/mol. The van der Waals surface area contributed by atoms with Crippen LogP contribution >= 0.6 is 0 Å². The number of hydrogen-bond acceptors (Lipinski definition) is 4. The Bertz CT molecular complexity index is 1080. The normalized spacial score (nSPS) is 12.1. The van der Waals surface area contributed by atoms with E-state index in [-0.39, 0.29) is 24.2 Å². The Hall–Kier alpha value is -2.55. The Kier molecular flexibility index (Phi) is 11.3. The Balaban J connectivity index is 2.03. The van der Waals surface area contributed by atoms with Crippen molar-refractivity contribution in [3.05, 3.63) is 59.7 Å². The van der Waals surface area contributed by atoms with Crippen molar-refractivity contribution >= 4 is 16.0 Å². The second-order valence-corrected chi connectivity index (χ2v) is 10.7. The van der Waals surface area contributed by atoms with Crippen molar-refractivity contribution in [1.29, 1.82) is 0 Å². The fourth-order valence-corrected chi connectivity index (χ4v) is 4.80. The van der Waals surface area contributed by atoms with Crippen LogP contribution in [0.3, 0.4) is 0 Å². The lowest BCUT2D eigenvalue weighted by Gasteiger charge is -2.27. The molecule has 1 amide bonds. The molecule has 0 atom stereocenters. The molecule has 5 nitrogen and oxygen atoms in total. The van der Waals surface area contributed by atoms with Gasteiger partial charge in [0, 0.05) is 19.0 Å². The van der Waals surface area contributed by atoms with Crippen LogP contribution in [0.2, 0.25) is 0 Å². The molecule has 0 bridgehead atoms. The molecule has 36 heavy (non-hydrogen) atoms. The summed E-state index contributed by atoms with van der Waals surface area (Å²) >= 11 is 0. The summed E-state index contributed by atoms with van der Waals surface area (Å²) in [5, 5.41) is 0. The summed E-state index contributed by atoms with van der Waals surface area (Å²) in [5.74, 6) is -0.00499. The number of unbranched alkanes of at least 4 members (excludes halogenated alkanes) is 6. The van der Waals surface area contributed by atoms with E-state index in [1.165, 1.54) is 37.8 Å². The maximum Gasteiger partial charge on any atom is 0.416 e. The monoisotopic (exact) mass is 527 g/mol. The van der Waals surface area contributed by atoms with E-state index >= 15 is 0 Å². The summed E-state index contributed by atoms with van der Waals surface area (Å²) in [4.78, 5) is 14.0. The van der Waals surface area contributed by atoms with Crippen LogP contribution in [0.1, 0.15) is 83.3 Å². The number of alkyl halides is 3. The Morgan fingerprint density at radius 1 is 0.944 bits per heavy atom. The van der Waals surface area contributed by atoms with Gasteiger partial charge in [0.2, 0.25) is 5.91 Å². The van der Waals surface area contributed by atoms with E-state index in [9.17, 15) is 26.4 Å². The zero-order chi connectivity index (χ0) is 26.8. The van der Waals surface area contributed by atoms with Crippen molar-refractivity contribution in [2.24, 2.45) is 0 Å². The van der Waals surface area contributed by atoms with Crippen LogP contribution in [0.4, 0.5) is 13.2 Å². The summed E-state index contributed by atoms with van der Waals surface area (Å²) in [6.45, 7) is 6.28. The zero-order valence-corrected chi connectivity index (χ0v) is 22.0. The molecule has 0 radical (unpaired) electrons. The number of rotatable bonds is 14. The molecule has 0 aliphatic rings. The van der Waals surface area contributed by atoms with Gasteiger partial charge in [-0.25, -0.2) is 0 Å². The fourth-order valence-electron chi connectivity index (χ4n) is 3.83. The fraction of sp³-hybridized carbons (Fsp3) is 0.519. The molecule has 200 valence electrons. The van der Waals surface area contributed by atoms with Crippen LogP contribution in [0.25, 0.3) is 0 Å². The number of amides is 1. The molecular weight excluding hydrogens is 491 g/mol. The first kappa shape index (κ1) is 29.7. The van der Waals surface area contributed by atoms with Crippen molar-refractivity contribution in [3.8, 4) is 5.75 Å². The summed E-state index contributed by atoms with van der Waals surface area (Å²) in [7, 11) is -4.48. The molecule has 0 spiro atoms. The van der Waals surface area contributed by atoms with Crippen LogP contribution in [-0.4, -0.2) is 25.3 Å². The van der Waals surface area contributed by atoms with E-state index in [0.717, 1.165) is 37.5 Å². The third-order valence-electron chi connectivity index (χ3n) is 5.85. The molecule has 0 fully saturated rings. The maximum absolute atomic E-state index is 13.0. The number of nitrogens with zero attached hydrogens (tertiary/aromatic N) is 1. The number of halogens is 3. The minimum Gasteiger partial charge on any atom is -0.379 e. The molecule has 0 saturated carbocycles. The van der Waals surface area contributed by atoms with Crippen molar-refractivity contribution in [1.82, 2.24) is 4.90 Å². The Morgan fingerprint density at radius 2 is 1.58 bits per heavy atom. The molecule has 9 heteroatoms. The highest BCUT2D eigenvalue weighted by molar-refractivity contribution is 7.87. The van der Waals surface area contributed by atoms with E-state index in [1.54, 1.807) is 17.0 Å². The highest BCUT2D eigenvalue weighted by Gasteiger charge is 2.32. The van der Waals surface area contributed by atoms with Crippen LogP contribution in [0.5, 0.6) is 5.75 Å². The molecule has 2 rings (SSSR count). The highest BCUT2D eigenvalue weighted by Crippen LogP contribution is 2.31. The number of hydrogen-bond donors (Lipinski definition) is 0. The molecule has 0 heterocycles. The average Bonchev–Trinajstić information content (AvgIpc) is 2.81. The summed E-state index contributed by atoms with van der Waals surface area (Å²) in [5.41, 5.74) is -0.415. The molecule has 0 aromatic heterocycles. The van der Waals surface area contributed by atoms with Gasteiger partial charge in [-0.3, -0.25) is 4.79 Å².